The summed E-state index contributed by atoms with van der Waals surface area (Å²) in [6.45, 7) is 3.75. The molecule has 0 aliphatic heterocycles. The maximum atomic E-state index is 12.6. The second-order valence-electron chi connectivity index (χ2n) is 4.12. The van der Waals surface area contributed by atoms with Crippen molar-refractivity contribution in [3.05, 3.63) is 0 Å². The molecule has 4 N–H and O–H groups in total. The molecular weight excluding hydrogens is 192 g/mol. The third kappa shape index (κ3) is 6.59. The maximum Gasteiger partial charge on any atom is 0.315 e. The summed E-state index contributed by atoms with van der Waals surface area (Å²) >= 11 is 0. The summed E-state index contributed by atoms with van der Waals surface area (Å²) in [5, 5.41) is 4.54. The van der Waals surface area contributed by atoms with E-state index in [-0.39, 0.29) is 0 Å². The predicted molar refractivity (Wildman–Crippen MR) is 50.3 cm³/mol. The van der Waals surface area contributed by atoms with Crippen molar-refractivity contribution in [2.75, 3.05) is 13.1 Å². The third-order valence-corrected chi connectivity index (χ3v) is 1.29. The van der Waals surface area contributed by atoms with Gasteiger partial charge in [0.2, 0.25) is 0 Å². The fourth-order valence-electron chi connectivity index (χ4n) is 0.667. The van der Waals surface area contributed by atoms with Crippen molar-refractivity contribution in [1.82, 2.24) is 10.6 Å². The van der Waals surface area contributed by atoms with E-state index in [0.29, 0.717) is 0 Å². The molecule has 0 saturated carbocycles. The van der Waals surface area contributed by atoms with E-state index in [1.54, 1.807) is 20.8 Å². The van der Waals surface area contributed by atoms with Gasteiger partial charge in [-0.05, 0) is 20.8 Å². The molecule has 0 aliphatic rings. The lowest BCUT2D eigenvalue weighted by molar-refractivity contribution is 0.0142. The molecule has 0 bridgehead atoms. The number of nitrogens with one attached hydrogen (secondary N) is 2. The van der Waals surface area contributed by atoms with Crippen molar-refractivity contribution in [3.63, 3.8) is 0 Å². The van der Waals surface area contributed by atoms with E-state index in [4.69, 9.17) is 5.73 Å². The van der Waals surface area contributed by atoms with Gasteiger partial charge < -0.3 is 16.4 Å². The lowest BCUT2D eigenvalue weighted by atomic mass is 10.1. The van der Waals surface area contributed by atoms with Crippen LogP contribution in [0.4, 0.5) is 13.6 Å². The molecule has 0 spiro atoms. The molecule has 4 nitrogen and oxygen atoms in total. The van der Waals surface area contributed by atoms with E-state index < -0.39 is 30.6 Å². The van der Waals surface area contributed by atoms with E-state index in [2.05, 4.69) is 10.6 Å². The Morgan fingerprint density at radius 1 is 1.36 bits per heavy atom. The summed E-state index contributed by atoms with van der Waals surface area (Å²) in [7, 11) is 0. The number of carbonyl (C=O) groups excluding carboxylic acids is 1. The summed E-state index contributed by atoms with van der Waals surface area (Å²) in [6.07, 6.45) is 0. The maximum absolute atomic E-state index is 12.6. The molecule has 2 amide bonds. The van der Waals surface area contributed by atoms with Crippen LogP contribution in [0, 0.1) is 0 Å². The van der Waals surface area contributed by atoms with Crippen LogP contribution in [0.5, 0.6) is 0 Å². The summed E-state index contributed by atoms with van der Waals surface area (Å²) in [5.74, 6) is -3.05. The van der Waals surface area contributed by atoms with Crippen LogP contribution in [-0.4, -0.2) is 30.6 Å². The molecular formula is C8H17F2N3O. The first kappa shape index (κ1) is 13.1. The Morgan fingerprint density at radius 2 is 1.86 bits per heavy atom. The molecule has 0 aromatic rings. The molecule has 0 aromatic heterocycles. The van der Waals surface area contributed by atoms with E-state index in [9.17, 15) is 13.6 Å². The summed E-state index contributed by atoms with van der Waals surface area (Å²) < 4.78 is 25.2. The minimum atomic E-state index is -3.05. The highest BCUT2D eigenvalue weighted by atomic mass is 19.3. The fraction of sp³-hybridized carbons (Fsp3) is 0.875. The van der Waals surface area contributed by atoms with Gasteiger partial charge in [-0.25, -0.2) is 13.6 Å². The van der Waals surface area contributed by atoms with Crippen LogP contribution in [-0.2, 0) is 0 Å². The van der Waals surface area contributed by atoms with Gasteiger partial charge in [-0.1, -0.05) is 0 Å². The topological polar surface area (TPSA) is 67.2 Å². The molecule has 0 saturated heterocycles. The minimum Gasteiger partial charge on any atom is -0.334 e. The Hall–Kier alpha value is -0.910. The Bertz CT molecular complexity index is 201. The molecule has 0 radical (unpaired) electrons. The van der Waals surface area contributed by atoms with Crippen LogP contribution in [0.1, 0.15) is 20.8 Å². The number of urea groups is 1. The molecule has 84 valence electrons. The minimum absolute atomic E-state index is 0.442. The highest BCUT2D eigenvalue weighted by Gasteiger charge is 2.27. The number of rotatable bonds is 3. The first-order valence-corrected chi connectivity index (χ1v) is 4.30. The zero-order chi connectivity index (χ0) is 11.4. The monoisotopic (exact) mass is 209 g/mol. The lowest BCUT2D eigenvalue weighted by Gasteiger charge is -2.22. The average Bonchev–Trinajstić information content (AvgIpc) is 1.98. The molecule has 0 atom stereocenters. The van der Waals surface area contributed by atoms with Crippen molar-refractivity contribution in [1.29, 1.82) is 0 Å². The van der Waals surface area contributed by atoms with Gasteiger partial charge in [-0.15, -0.1) is 0 Å². The largest absolute Gasteiger partial charge is 0.334 e. The second kappa shape index (κ2) is 4.54. The van der Waals surface area contributed by atoms with E-state index in [1.165, 1.54) is 0 Å². The highest BCUT2D eigenvalue weighted by molar-refractivity contribution is 5.74. The Balaban J connectivity index is 3.87. The molecule has 0 unspecified atom stereocenters. The average molecular weight is 209 g/mol. The van der Waals surface area contributed by atoms with E-state index in [1.807, 2.05) is 0 Å². The number of hydrogen-bond donors (Lipinski definition) is 3. The van der Waals surface area contributed by atoms with Crippen molar-refractivity contribution < 1.29 is 13.6 Å². The molecule has 0 aromatic carbocycles. The van der Waals surface area contributed by atoms with Gasteiger partial charge in [0.15, 0.2) is 0 Å². The van der Waals surface area contributed by atoms with Crippen molar-refractivity contribution in [3.8, 4) is 0 Å². The van der Waals surface area contributed by atoms with E-state index >= 15 is 0 Å². The molecule has 0 heterocycles. The van der Waals surface area contributed by atoms with Gasteiger partial charge in [-0.2, -0.15) is 0 Å². The Morgan fingerprint density at radius 3 is 2.21 bits per heavy atom. The molecule has 0 aliphatic carbocycles. The van der Waals surface area contributed by atoms with Crippen LogP contribution < -0.4 is 16.4 Å². The highest BCUT2D eigenvalue weighted by Crippen LogP contribution is 2.08. The Labute approximate surface area is 82.2 Å². The molecule has 0 fully saturated rings. The molecule has 0 rings (SSSR count). The molecule has 14 heavy (non-hydrogen) atoms. The van der Waals surface area contributed by atoms with Gasteiger partial charge in [0.1, 0.15) is 0 Å². The van der Waals surface area contributed by atoms with Gasteiger partial charge in [0.05, 0.1) is 13.1 Å². The third-order valence-electron chi connectivity index (χ3n) is 1.29. The number of amides is 2. The first-order chi connectivity index (χ1) is 6.16. The number of hydrogen-bond acceptors (Lipinski definition) is 2. The first-order valence-electron chi connectivity index (χ1n) is 4.30. The summed E-state index contributed by atoms with van der Waals surface area (Å²) in [5.41, 5.74) is 4.36. The predicted octanol–water partition coefficient (Wildman–Crippen LogP) is 0.678. The van der Waals surface area contributed by atoms with E-state index in [0.717, 1.165) is 0 Å². The second-order valence-corrected chi connectivity index (χ2v) is 4.12. The van der Waals surface area contributed by atoms with Gasteiger partial charge in [0, 0.05) is 5.54 Å². The standard InChI is InChI=1S/C8H17F2N3O/c1-7(2,3)13-6(14)12-5-8(9,10)4-11/h4-5,11H2,1-3H3,(H2,12,13,14). The zero-order valence-corrected chi connectivity index (χ0v) is 8.66. The summed E-state index contributed by atoms with van der Waals surface area (Å²) in [4.78, 5) is 11.0. The van der Waals surface area contributed by atoms with Crippen LogP contribution in [0.25, 0.3) is 0 Å². The Kier molecular flexibility index (Phi) is 4.25. The fourth-order valence-corrected chi connectivity index (χ4v) is 0.667. The van der Waals surface area contributed by atoms with Gasteiger partial charge in [-0.3, -0.25) is 0 Å². The normalized spacial score (nSPS) is 12.4. The van der Waals surface area contributed by atoms with Crippen LogP contribution >= 0.6 is 0 Å². The number of carbonyl (C=O) groups is 1. The summed E-state index contributed by atoms with van der Waals surface area (Å²) in [6, 6.07) is -0.620. The smallest absolute Gasteiger partial charge is 0.315 e. The number of nitrogens with two attached hydrogens (primary N) is 1. The lowest BCUT2D eigenvalue weighted by Crippen LogP contribution is -2.50. The number of alkyl halides is 2. The van der Waals surface area contributed by atoms with Gasteiger partial charge >= 0.3 is 6.03 Å². The SMILES string of the molecule is CC(C)(C)NC(=O)NCC(F)(F)CN. The van der Waals surface area contributed by atoms with Crippen molar-refractivity contribution >= 4 is 6.03 Å². The van der Waals surface area contributed by atoms with Crippen LogP contribution in [0.15, 0.2) is 0 Å². The van der Waals surface area contributed by atoms with Crippen molar-refractivity contribution in [2.24, 2.45) is 5.73 Å². The van der Waals surface area contributed by atoms with Gasteiger partial charge in [0.25, 0.3) is 5.92 Å². The zero-order valence-electron chi connectivity index (χ0n) is 8.66. The quantitative estimate of drug-likeness (QED) is 0.639. The van der Waals surface area contributed by atoms with Crippen molar-refractivity contribution in [2.45, 2.75) is 32.2 Å². The van der Waals surface area contributed by atoms with Crippen LogP contribution in [0.2, 0.25) is 0 Å². The molecule has 6 heteroatoms. The van der Waals surface area contributed by atoms with Crippen LogP contribution in [0.3, 0.4) is 0 Å². The number of halogens is 2.